The van der Waals surface area contributed by atoms with E-state index in [0.717, 1.165) is 16.9 Å². The minimum absolute atomic E-state index is 0.0908. The molecular weight excluding hydrogens is 266 g/mol. The average Bonchev–Trinajstić information content (AvgIpc) is 2.54. The fraction of sp³-hybridized carbons (Fsp3) is 0.188. The van der Waals surface area contributed by atoms with Crippen LogP contribution in [0, 0.1) is 6.92 Å². The lowest BCUT2D eigenvalue weighted by atomic mass is 9.99. The van der Waals surface area contributed by atoms with Gasteiger partial charge in [-0.3, -0.25) is 9.78 Å². The first-order valence-electron chi connectivity index (χ1n) is 6.75. The van der Waals surface area contributed by atoms with E-state index in [4.69, 9.17) is 5.21 Å². The van der Waals surface area contributed by atoms with Gasteiger partial charge in [0.2, 0.25) is 0 Å². The Hall–Kier alpha value is -2.69. The molecule has 21 heavy (non-hydrogen) atoms. The molecule has 1 aromatic carbocycles. The van der Waals surface area contributed by atoms with Gasteiger partial charge in [-0.25, -0.2) is 0 Å². The highest BCUT2D eigenvalue weighted by Crippen LogP contribution is 2.28. The van der Waals surface area contributed by atoms with Crippen LogP contribution in [0.4, 0.5) is 5.69 Å². The van der Waals surface area contributed by atoms with Crippen molar-refractivity contribution in [3.63, 3.8) is 0 Å². The van der Waals surface area contributed by atoms with E-state index in [-0.39, 0.29) is 5.91 Å². The Morgan fingerprint density at radius 2 is 2.10 bits per heavy atom. The number of carbonyl (C=O) groups excluding carboxylic acids is 1. The molecule has 0 unspecified atom stereocenters. The molecular formula is C16H15N3O2. The summed E-state index contributed by atoms with van der Waals surface area (Å²) < 4.78 is 0. The zero-order valence-corrected chi connectivity index (χ0v) is 11.7. The summed E-state index contributed by atoms with van der Waals surface area (Å²) in [5.41, 5.74) is 3.60. The number of anilines is 1. The second-order valence-electron chi connectivity index (χ2n) is 4.96. The molecule has 5 heteroatoms. The van der Waals surface area contributed by atoms with Crippen LogP contribution in [-0.4, -0.2) is 28.4 Å². The lowest BCUT2D eigenvalue weighted by molar-refractivity contribution is 0.0986. The van der Waals surface area contributed by atoms with Crippen molar-refractivity contribution in [3.8, 4) is 0 Å². The lowest BCUT2D eigenvalue weighted by Gasteiger charge is -2.29. The predicted octanol–water partition coefficient (Wildman–Crippen LogP) is 2.62. The van der Waals surface area contributed by atoms with Crippen LogP contribution in [0.15, 0.2) is 47.8 Å². The molecule has 5 nitrogen and oxygen atoms in total. The molecule has 3 rings (SSSR count). The van der Waals surface area contributed by atoms with Gasteiger partial charge in [0, 0.05) is 30.4 Å². The number of fused-ring (bicyclic) bond motifs is 1. The van der Waals surface area contributed by atoms with Gasteiger partial charge >= 0.3 is 0 Å². The molecule has 1 aromatic heterocycles. The van der Waals surface area contributed by atoms with Gasteiger partial charge in [-0.1, -0.05) is 23.4 Å². The predicted molar refractivity (Wildman–Crippen MR) is 80.0 cm³/mol. The number of benzene rings is 1. The van der Waals surface area contributed by atoms with Crippen molar-refractivity contribution in [2.24, 2.45) is 5.16 Å². The molecule has 0 atom stereocenters. The summed E-state index contributed by atoms with van der Waals surface area (Å²) >= 11 is 0. The Bertz CT molecular complexity index is 708. The Morgan fingerprint density at radius 3 is 2.81 bits per heavy atom. The third-order valence-electron chi connectivity index (χ3n) is 3.60. The van der Waals surface area contributed by atoms with Crippen LogP contribution in [0.3, 0.4) is 0 Å². The summed E-state index contributed by atoms with van der Waals surface area (Å²) in [6.45, 7) is 2.37. The third-order valence-corrected chi connectivity index (χ3v) is 3.60. The number of aromatic nitrogens is 1. The number of nitrogens with zero attached hydrogens (tertiary/aromatic N) is 3. The molecule has 0 radical (unpaired) electrons. The van der Waals surface area contributed by atoms with Gasteiger partial charge < -0.3 is 10.1 Å². The molecule has 1 aliphatic rings. The highest BCUT2D eigenvalue weighted by atomic mass is 16.4. The SMILES string of the molecule is Cc1ccc(C(=O)N2CCC(=NO)c3ccccc32)cn1. The lowest BCUT2D eigenvalue weighted by Crippen LogP contribution is -2.37. The standard InChI is InChI=1S/C16H15N3O2/c1-11-6-7-12(10-17-11)16(20)19-9-8-14(18-21)13-4-2-3-5-15(13)19/h2-7,10,21H,8-9H2,1H3. The van der Waals surface area contributed by atoms with E-state index in [1.807, 2.05) is 37.3 Å². The largest absolute Gasteiger partial charge is 0.411 e. The fourth-order valence-corrected chi connectivity index (χ4v) is 2.49. The van der Waals surface area contributed by atoms with Gasteiger partial charge in [-0.2, -0.15) is 0 Å². The monoisotopic (exact) mass is 281 g/mol. The molecule has 2 heterocycles. The van der Waals surface area contributed by atoms with Gasteiger partial charge in [0.25, 0.3) is 5.91 Å². The molecule has 106 valence electrons. The summed E-state index contributed by atoms with van der Waals surface area (Å²) in [5, 5.41) is 12.4. The van der Waals surface area contributed by atoms with Gasteiger partial charge in [0.05, 0.1) is 17.0 Å². The van der Waals surface area contributed by atoms with Crippen LogP contribution < -0.4 is 4.90 Å². The topological polar surface area (TPSA) is 65.8 Å². The van der Waals surface area contributed by atoms with E-state index in [9.17, 15) is 4.79 Å². The smallest absolute Gasteiger partial charge is 0.259 e. The number of rotatable bonds is 1. The van der Waals surface area contributed by atoms with Crippen LogP contribution in [0.25, 0.3) is 0 Å². The van der Waals surface area contributed by atoms with E-state index < -0.39 is 0 Å². The van der Waals surface area contributed by atoms with Gasteiger partial charge in [-0.05, 0) is 25.1 Å². The van der Waals surface area contributed by atoms with Crippen molar-refractivity contribution in [2.75, 3.05) is 11.4 Å². The van der Waals surface area contributed by atoms with E-state index in [0.29, 0.717) is 24.2 Å². The van der Waals surface area contributed by atoms with Crippen LogP contribution >= 0.6 is 0 Å². The summed E-state index contributed by atoms with van der Waals surface area (Å²) in [4.78, 5) is 18.5. The second-order valence-corrected chi connectivity index (χ2v) is 4.96. The summed E-state index contributed by atoms with van der Waals surface area (Å²) in [7, 11) is 0. The highest BCUT2D eigenvalue weighted by molar-refractivity contribution is 6.14. The minimum atomic E-state index is -0.0908. The number of aryl methyl sites for hydroxylation is 1. The first kappa shape index (κ1) is 13.3. The third kappa shape index (κ3) is 2.38. The van der Waals surface area contributed by atoms with Gasteiger partial charge in [-0.15, -0.1) is 0 Å². The molecule has 0 aliphatic carbocycles. The fourth-order valence-electron chi connectivity index (χ4n) is 2.49. The molecule has 0 fully saturated rings. The van der Waals surface area contributed by atoms with E-state index in [2.05, 4.69) is 10.1 Å². The summed E-state index contributed by atoms with van der Waals surface area (Å²) in [6, 6.07) is 11.1. The molecule has 0 saturated heterocycles. The molecule has 1 amide bonds. The maximum Gasteiger partial charge on any atom is 0.259 e. The second kappa shape index (κ2) is 5.36. The quantitative estimate of drug-likeness (QED) is 0.645. The number of pyridine rings is 1. The Labute approximate surface area is 122 Å². The maximum atomic E-state index is 12.7. The van der Waals surface area contributed by atoms with E-state index in [1.165, 1.54) is 0 Å². The molecule has 0 saturated carbocycles. The van der Waals surface area contributed by atoms with E-state index >= 15 is 0 Å². The molecule has 0 bridgehead atoms. The number of amides is 1. The maximum absolute atomic E-state index is 12.7. The van der Waals surface area contributed by atoms with Crippen LogP contribution in [0.1, 0.15) is 28.0 Å². The number of hydrogen-bond acceptors (Lipinski definition) is 4. The van der Waals surface area contributed by atoms with Crippen LogP contribution in [0.2, 0.25) is 0 Å². The Kier molecular flexibility index (Phi) is 3.39. The zero-order valence-electron chi connectivity index (χ0n) is 11.7. The zero-order chi connectivity index (χ0) is 14.8. The minimum Gasteiger partial charge on any atom is -0.411 e. The normalized spacial score (nSPS) is 15.9. The Morgan fingerprint density at radius 1 is 1.29 bits per heavy atom. The first-order valence-corrected chi connectivity index (χ1v) is 6.75. The number of oxime groups is 1. The number of carbonyl (C=O) groups is 1. The Balaban J connectivity index is 2.00. The first-order chi connectivity index (χ1) is 10.2. The summed E-state index contributed by atoms with van der Waals surface area (Å²) in [5.74, 6) is -0.0908. The molecule has 1 aliphatic heterocycles. The van der Waals surface area contributed by atoms with Crippen molar-refractivity contribution in [1.29, 1.82) is 0 Å². The van der Waals surface area contributed by atoms with Crippen LogP contribution in [0.5, 0.6) is 0 Å². The average molecular weight is 281 g/mol. The van der Waals surface area contributed by atoms with Crippen molar-refractivity contribution < 1.29 is 10.0 Å². The molecule has 0 spiro atoms. The van der Waals surface area contributed by atoms with Crippen molar-refractivity contribution in [3.05, 3.63) is 59.4 Å². The highest BCUT2D eigenvalue weighted by Gasteiger charge is 2.26. The summed E-state index contributed by atoms with van der Waals surface area (Å²) in [6.07, 6.45) is 2.12. The van der Waals surface area contributed by atoms with Crippen LogP contribution in [-0.2, 0) is 0 Å². The van der Waals surface area contributed by atoms with Crippen molar-refractivity contribution >= 4 is 17.3 Å². The van der Waals surface area contributed by atoms with Crippen molar-refractivity contribution in [2.45, 2.75) is 13.3 Å². The molecule has 2 aromatic rings. The van der Waals surface area contributed by atoms with Gasteiger partial charge in [0.1, 0.15) is 0 Å². The van der Waals surface area contributed by atoms with Gasteiger partial charge in [0.15, 0.2) is 0 Å². The molecule has 1 N–H and O–H groups in total. The van der Waals surface area contributed by atoms with Crippen molar-refractivity contribution in [1.82, 2.24) is 4.98 Å². The number of hydrogen-bond donors (Lipinski definition) is 1. The van der Waals surface area contributed by atoms with E-state index in [1.54, 1.807) is 17.2 Å². The number of para-hydroxylation sites is 1.